The maximum Gasteiger partial charge on any atom is 0.137 e. The highest BCUT2D eigenvalue weighted by Crippen LogP contribution is 2.36. The molecule has 2 nitrogen and oxygen atoms in total. The molecular weight excluding hydrogens is 323 g/mol. The number of rotatable bonds is 3. The van der Waals surface area contributed by atoms with E-state index in [9.17, 15) is 9.50 Å². The SMILES string of the molecule is OC(Cc1ccc(F)c(Br)c1)C1COc2ccccc21. The van der Waals surface area contributed by atoms with Crippen LogP contribution in [0.2, 0.25) is 0 Å². The van der Waals surface area contributed by atoms with Gasteiger partial charge in [0.05, 0.1) is 17.2 Å². The fraction of sp³-hybridized carbons (Fsp3) is 0.250. The van der Waals surface area contributed by atoms with Crippen molar-refractivity contribution < 1.29 is 14.2 Å². The van der Waals surface area contributed by atoms with Crippen molar-refractivity contribution in [1.29, 1.82) is 0 Å². The fourth-order valence-corrected chi connectivity index (χ4v) is 2.98. The van der Waals surface area contributed by atoms with Crippen LogP contribution < -0.4 is 4.74 Å². The number of ether oxygens (including phenoxy) is 1. The highest BCUT2D eigenvalue weighted by atomic mass is 79.9. The predicted molar refractivity (Wildman–Crippen MR) is 78.5 cm³/mol. The summed E-state index contributed by atoms with van der Waals surface area (Å²) in [6.45, 7) is 0.489. The molecule has 1 aliphatic rings. The van der Waals surface area contributed by atoms with Crippen molar-refractivity contribution in [3.63, 3.8) is 0 Å². The van der Waals surface area contributed by atoms with Crippen LogP contribution >= 0.6 is 15.9 Å². The van der Waals surface area contributed by atoms with Crippen molar-refractivity contribution >= 4 is 15.9 Å². The van der Waals surface area contributed by atoms with Gasteiger partial charge >= 0.3 is 0 Å². The molecule has 0 spiro atoms. The lowest BCUT2D eigenvalue weighted by atomic mass is 9.91. The minimum absolute atomic E-state index is 0.0324. The molecule has 1 aliphatic heterocycles. The Morgan fingerprint density at radius 1 is 1.30 bits per heavy atom. The van der Waals surface area contributed by atoms with Gasteiger partial charge in [-0.2, -0.15) is 0 Å². The molecule has 0 radical (unpaired) electrons. The Morgan fingerprint density at radius 2 is 2.10 bits per heavy atom. The lowest BCUT2D eigenvalue weighted by Crippen LogP contribution is -2.22. The molecule has 0 amide bonds. The second-order valence-electron chi connectivity index (χ2n) is 4.98. The third kappa shape index (κ3) is 2.58. The molecule has 2 aromatic rings. The standard InChI is InChI=1S/C16H14BrFO2/c17-13-7-10(5-6-14(13)18)8-15(19)12-9-20-16-4-2-1-3-11(12)16/h1-7,12,15,19H,8-9H2. The Bertz CT molecular complexity index is 630. The van der Waals surface area contributed by atoms with Gasteiger partial charge in [0, 0.05) is 11.5 Å². The van der Waals surface area contributed by atoms with E-state index >= 15 is 0 Å². The Hall–Kier alpha value is -1.39. The van der Waals surface area contributed by atoms with Gasteiger partial charge in [-0.05, 0) is 46.1 Å². The highest BCUT2D eigenvalue weighted by Gasteiger charge is 2.30. The first-order chi connectivity index (χ1) is 9.65. The lowest BCUT2D eigenvalue weighted by molar-refractivity contribution is 0.129. The summed E-state index contributed by atoms with van der Waals surface area (Å²) in [6.07, 6.45) is -0.0719. The van der Waals surface area contributed by atoms with Crippen LogP contribution in [0.1, 0.15) is 17.0 Å². The van der Waals surface area contributed by atoms with Gasteiger partial charge in [-0.3, -0.25) is 0 Å². The number of hydrogen-bond acceptors (Lipinski definition) is 2. The molecule has 0 saturated heterocycles. The molecular formula is C16H14BrFO2. The first-order valence-electron chi connectivity index (χ1n) is 6.49. The molecule has 2 aromatic carbocycles. The molecule has 20 heavy (non-hydrogen) atoms. The lowest BCUT2D eigenvalue weighted by Gasteiger charge is -2.17. The summed E-state index contributed by atoms with van der Waals surface area (Å²) in [5, 5.41) is 10.4. The normalized spacial score (nSPS) is 18.4. The Morgan fingerprint density at radius 3 is 2.90 bits per heavy atom. The number of benzene rings is 2. The summed E-state index contributed by atoms with van der Waals surface area (Å²) in [4.78, 5) is 0. The van der Waals surface area contributed by atoms with Gasteiger partial charge in [0.25, 0.3) is 0 Å². The van der Waals surface area contributed by atoms with Gasteiger partial charge in [-0.15, -0.1) is 0 Å². The van der Waals surface area contributed by atoms with Crippen molar-refractivity contribution in [2.24, 2.45) is 0 Å². The zero-order valence-corrected chi connectivity index (χ0v) is 12.3. The van der Waals surface area contributed by atoms with Crippen molar-refractivity contribution in [2.45, 2.75) is 18.4 Å². The Balaban J connectivity index is 1.77. The molecule has 0 bridgehead atoms. The van der Waals surface area contributed by atoms with Crippen LogP contribution in [0, 0.1) is 5.82 Å². The monoisotopic (exact) mass is 336 g/mol. The highest BCUT2D eigenvalue weighted by molar-refractivity contribution is 9.10. The van der Waals surface area contributed by atoms with Crippen molar-refractivity contribution in [3.05, 3.63) is 63.9 Å². The van der Waals surface area contributed by atoms with E-state index in [1.165, 1.54) is 6.07 Å². The Kier molecular flexibility index (Phi) is 3.76. The maximum absolute atomic E-state index is 13.2. The van der Waals surface area contributed by atoms with Crippen molar-refractivity contribution in [1.82, 2.24) is 0 Å². The molecule has 0 saturated carbocycles. The zero-order chi connectivity index (χ0) is 14.1. The minimum atomic E-state index is -0.545. The van der Waals surface area contributed by atoms with Gasteiger partial charge in [0.2, 0.25) is 0 Å². The van der Waals surface area contributed by atoms with E-state index in [1.54, 1.807) is 12.1 Å². The number of halogens is 2. The van der Waals surface area contributed by atoms with Gasteiger partial charge < -0.3 is 9.84 Å². The second-order valence-corrected chi connectivity index (χ2v) is 5.83. The molecule has 0 aromatic heterocycles. The number of aliphatic hydroxyl groups is 1. The summed E-state index contributed by atoms with van der Waals surface area (Å²) in [7, 11) is 0. The van der Waals surface area contributed by atoms with Gasteiger partial charge in [0.1, 0.15) is 11.6 Å². The van der Waals surface area contributed by atoms with Crippen LogP contribution in [-0.2, 0) is 6.42 Å². The van der Waals surface area contributed by atoms with Gasteiger partial charge in [-0.1, -0.05) is 24.3 Å². The summed E-state index contributed by atoms with van der Waals surface area (Å²) in [5.41, 5.74) is 1.94. The molecule has 3 rings (SSSR count). The van der Waals surface area contributed by atoms with Crippen LogP contribution in [0.25, 0.3) is 0 Å². The van der Waals surface area contributed by atoms with Crippen LogP contribution in [0.15, 0.2) is 46.9 Å². The number of fused-ring (bicyclic) bond motifs is 1. The van der Waals surface area contributed by atoms with Crippen LogP contribution in [0.5, 0.6) is 5.75 Å². The fourth-order valence-electron chi connectivity index (χ4n) is 2.56. The predicted octanol–water partition coefficient (Wildman–Crippen LogP) is 3.67. The first kappa shape index (κ1) is 13.6. The molecule has 2 unspecified atom stereocenters. The molecule has 2 atom stereocenters. The van der Waals surface area contributed by atoms with E-state index in [4.69, 9.17) is 4.74 Å². The van der Waals surface area contributed by atoms with Crippen molar-refractivity contribution in [2.75, 3.05) is 6.61 Å². The first-order valence-corrected chi connectivity index (χ1v) is 7.28. The summed E-state index contributed by atoms with van der Waals surface area (Å²) in [6, 6.07) is 12.6. The third-order valence-corrected chi connectivity index (χ3v) is 4.24. The third-order valence-electron chi connectivity index (χ3n) is 3.63. The maximum atomic E-state index is 13.2. The molecule has 0 aliphatic carbocycles. The number of para-hydroxylation sites is 1. The minimum Gasteiger partial charge on any atom is -0.493 e. The van der Waals surface area contributed by atoms with Crippen molar-refractivity contribution in [3.8, 4) is 5.75 Å². The van der Waals surface area contributed by atoms with E-state index in [1.807, 2.05) is 24.3 Å². The van der Waals surface area contributed by atoms with E-state index in [-0.39, 0.29) is 11.7 Å². The van der Waals surface area contributed by atoms with Gasteiger partial charge in [-0.25, -0.2) is 4.39 Å². The Labute approximate surface area is 125 Å². The van der Waals surface area contributed by atoms with E-state index in [0.717, 1.165) is 16.9 Å². The number of aliphatic hydroxyl groups excluding tert-OH is 1. The zero-order valence-electron chi connectivity index (χ0n) is 10.7. The second kappa shape index (κ2) is 5.54. The van der Waals surface area contributed by atoms with E-state index in [0.29, 0.717) is 17.5 Å². The quantitative estimate of drug-likeness (QED) is 0.926. The molecule has 4 heteroatoms. The van der Waals surface area contributed by atoms with Gasteiger partial charge in [0.15, 0.2) is 0 Å². The van der Waals surface area contributed by atoms with Crippen LogP contribution in [0.3, 0.4) is 0 Å². The average molecular weight is 337 g/mol. The van der Waals surface area contributed by atoms with Crippen LogP contribution in [-0.4, -0.2) is 17.8 Å². The largest absolute Gasteiger partial charge is 0.493 e. The topological polar surface area (TPSA) is 29.5 Å². The molecule has 1 heterocycles. The summed E-state index contributed by atoms with van der Waals surface area (Å²) < 4.78 is 19.2. The summed E-state index contributed by atoms with van der Waals surface area (Å²) in [5.74, 6) is 0.518. The summed E-state index contributed by atoms with van der Waals surface area (Å²) >= 11 is 3.16. The van der Waals surface area contributed by atoms with E-state index in [2.05, 4.69) is 15.9 Å². The number of hydrogen-bond donors (Lipinski definition) is 1. The van der Waals surface area contributed by atoms with Crippen LogP contribution in [0.4, 0.5) is 4.39 Å². The molecule has 0 fully saturated rings. The smallest absolute Gasteiger partial charge is 0.137 e. The molecule has 1 N–H and O–H groups in total. The average Bonchev–Trinajstić information content (AvgIpc) is 2.87. The molecule has 104 valence electrons. The van der Waals surface area contributed by atoms with E-state index < -0.39 is 6.10 Å².